The van der Waals surface area contributed by atoms with Crippen molar-refractivity contribution in [3.05, 3.63) is 65.7 Å². The Morgan fingerprint density at radius 2 is 1.81 bits per heavy atom. The summed E-state index contributed by atoms with van der Waals surface area (Å²) in [6.45, 7) is 7.47. The predicted octanol–water partition coefficient (Wildman–Crippen LogP) is 4.00. The summed E-state index contributed by atoms with van der Waals surface area (Å²) in [5.41, 5.74) is 2.26. The molecule has 0 fully saturated rings. The van der Waals surface area contributed by atoms with E-state index in [1.54, 1.807) is 0 Å². The van der Waals surface area contributed by atoms with Gasteiger partial charge in [-0.25, -0.2) is 0 Å². The molecule has 4 heteroatoms. The van der Waals surface area contributed by atoms with Crippen LogP contribution in [0.3, 0.4) is 0 Å². The number of hydrogen-bond acceptors (Lipinski definition) is 3. The minimum absolute atomic E-state index is 0.00686. The first kappa shape index (κ1) is 18.5. The van der Waals surface area contributed by atoms with Crippen molar-refractivity contribution in [1.82, 2.24) is 10.6 Å². The van der Waals surface area contributed by atoms with Crippen LogP contribution in [-0.4, -0.2) is 19.1 Å². The molecule has 1 heterocycles. The van der Waals surface area contributed by atoms with Gasteiger partial charge in [0.05, 0.1) is 19.2 Å². The second kappa shape index (κ2) is 7.92. The van der Waals surface area contributed by atoms with E-state index in [0.717, 1.165) is 17.7 Å². The Kier molecular flexibility index (Phi) is 5.62. The van der Waals surface area contributed by atoms with Gasteiger partial charge in [-0.3, -0.25) is 4.79 Å². The summed E-state index contributed by atoms with van der Waals surface area (Å²) in [6.07, 6.45) is 0.796. The highest BCUT2D eigenvalue weighted by Gasteiger charge is 2.27. The zero-order valence-electron chi connectivity index (χ0n) is 15.8. The van der Waals surface area contributed by atoms with Gasteiger partial charge in [0.2, 0.25) is 5.91 Å². The smallest absolute Gasteiger partial charge is 0.234 e. The van der Waals surface area contributed by atoms with Crippen LogP contribution in [0.1, 0.15) is 50.4 Å². The number of nitrogens with one attached hydrogen (secondary N) is 2. The molecule has 4 nitrogen and oxygen atoms in total. The molecular formula is C22H28N2O2. The molecule has 0 saturated carbocycles. The van der Waals surface area contributed by atoms with Crippen LogP contribution in [0.5, 0.6) is 5.75 Å². The molecule has 2 aromatic carbocycles. The topological polar surface area (TPSA) is 50.4 Å². The highest BCUT2D eigenvalue weighted by atomic mass is 16.5. The number of fused-ring (bicyclic) bond motifs is 1. The standard InChI is InChI=1S/C22H28N2O2/c1-22(2,3)21(16-9-5-4-6-10-16)23-15-20(25)24-18-13-14-26-19-12-8-7-11-17(18)19/h4-12,18,21,23H,13-15H2,1-3H3,(H,24,25). The Morgan fingerprint density at radius 3 is 2.54 bits per heavy atom. The maximum absolute atomic E-state index is 12.6. The number of ether oxygens (including phenoxy) is 1. The summed E-state index contributed by atoms with van der Waals surface area (Å²) >= 11 is 0. The van der Waals surface area contributed by atoms with E-state index in [0.29, 0.717) is 6.61 Å². The van der Waals surface area contributed by atoms with Gasteiger partial charge < -0.3 is 15.4 Å². The summed E-state index contributed by atoms with van der Waals surface area (Å²) in [6, 6.07) is 18.3. The first-order valence-electron chi connectivity index (χ1n) is 9.24. The summed E-state index contributed by atoms with van der Waals surface area (Å²) in [5.74, 6) is 0.880. The van der Waals surface area contributed by atoms with Crippen LogP contribution in [0.25, 0.3) is 0 Å². The van der Waals surface area contributed by atoms with Crippen LogP contribution < -0.4 is 15.4 Å². The molecule has 0 aliphatic carbocycles. The average Bonchev–Trinajstić information content (AvgIpc) is 2.62. The Balaban J connectivity index is 1.63. The lowest BCUT2D eigenvalue weighted by atomic mass is 9.82. The minimum atomic E-state index is 0.00686. The van der Waals surface area contributed by atoms with Crippen molar-refractivity contribution in [3.8, 4) is 5.75 Å². The number of hydrogen-bond donors (Lipinski definition) is 2. The van der Waals surface area contributed by atoms with E-state index in [1.807, 2.05) is 42.5 Å². The van der Waals surface area contributed by atoms with Gasteiger partial charge in [-0.1, -0.05) is 69.3 Å². The molecule has 0 bridgehead atoms. The molecule has 1 aliphatic rings. The number of carbonyl (C=O) groups excluding carboxylic acids is 1. The summed E-state index contributed by atoms with van der Waals surface area (Å²) < 4.78 is 5.67. The maximum Gasteiger partial charge on any atom is 0.234 e. The predicted molar refractivity (Wildman–Crippen MR) is 104 cm³/mol. The molecule has 2 N–H and O–H groups in total. The fourth-order valence-electron chi connectivity index (χ4n) is 3.50. The molecule has 2 unspecified atom stereocenters. The second-order valence-electron chi connectivity index (χ2n) is 7.89. The lowest BCUT2D eigenvalue weighted by molar-refractivity contribution is -0.121. The molecule has 2 aromatic rings. The molecule has 0 spiro atoms. The van der Waals surface area contributed by atoms with E-state index in [1.165, 1.54) is 5.56 Å². The zero-order valence-corrected chi connectivity index (χ0v) is 15.8. The van der Waals surface area contributed by atoms with Crippen molar-refractivity contribution in [2.24, 2.45) is 5.41 Å². The van der Waals surface area contributed by atoms with Gasteiger partial charge in [0.25, 0.3) is 0 Å². The fourth-order valence-corrected chi connectivity index (χ4v) is 3.50. The molecule has 1 amide bonds. The molecule has 0 aromatic heterocycles. The third-order valence-corrected chi connectivity index (χ3v) is 4.76. The van der Waals surface area contributed by atoms with Gasteiger partial charge in [0.1, 0.15) is 5.75 Å². The SMILES string of the molecule is CC(C)(C)C(NCC(=O)NC1CCOc2ccccc21)c1ccccc1. The first-order chi connectivity index (χ1) is 12.4. The molecular weight excluding hydrogens is 324 g/mol. The molecule has 0 saturated heterocycles. The Labute approximate surface area is 156 Å². The third kappa shape index (κ3) is 4.44. The fraction of sp³-hybridized carbons (Fsp3) is 0.409. The van der Waals surface area contributed by atoms with Crippen molar-refractivity contribution in [3.63, 3.8) is 0 Å². The van der Waals surface area contributed by atoms with Crippen LogP contribution in [0.15, 0.2) is 54.6 Å². The molecule has 1 aliphatic heterocycles. The van der Waals surface area contributed by atoms with Gasteiger partial charge in [-0.05, 0) is 17.0 Å². The first-order valence-corrected chi connectivity index (χ1v) is 9.24. The summed E-state index contributed by atoms with van der Waals surface area (Å²) in [5, 5.41) is 6.60. The number of para-hydroxylation sites is 1. The van der Waals surface area contributed by atoms with Gasteiger partial charge in [-0.2, -0.15) is 0 Å². The molecule has 138 valence electrons. The van der Waals surface area contributed by atoms with Crippen LogP contribution >= 0.6 is 0 Å². The van der Waals surface area contributed by atoms with E-state index in [2.05, 4.69) is 43.5 Å². The highest BCUT2D eigenvalue weighted by Crippen LogP contribution is 2.33. The number of amides is 1. The van der Waals surface area contributed by atoms with Crippen LogP contribution in [0.2, 0.25) is 0 Å². The largest absolute Gasteiger partial charge is 0.493 e. The van der Waals surface area contributed by atoms with E-state index < -0.39 is 0 Å². The molecule has 0 radical (unpaired) electrons. The van der Waals surface area contributed by atoms with Gasteiger partial charge in [0, 0.05) is 18.0 Å². The van der Waals surface area contributed by atoms with Crippen LogP contribution in [0.4, 0.5) is 0 Å². The van der Waals surface area contributed by atoms with E-state index >= 15 is 0 Å². The van der Waals surface area contributed by atoms with Crippen molar-refractivity contribution in [1.29, 1.82) is 0 Å². The quantitative estimate of drug-likeness (QED) is 0.855. The van der Waals surface area contributed by atoms with Crippen molar-refractivity contribution in [2.45, 2.75) is 39.3 Å². The van der Waals surface area contributed by atoms with E-state index in [9.17, 15) is 4.79 Å². The Bertz CT molecular complexity index is 737. The van der Waals surface area contributed by atoms with E-state index in [4.69, 9.17) is 4.74 Å². The summed E-state index contributed by atoms with van der Waals surface area (Å²) in [4.78, 5) is 12.6. The Morgan fingerprint density at radius 1 is 1.12 bits per heavy atom. The van der Waals surface area contributed by atoms with Gasteiger partial charge >= 0.3 is 0 Å². The van der Waals surface area contributed by atoms with Crippen LogP contribution in [-0.2, 0) is 4.79 Å². The minimum Gasteiger partial charge on any atom is -0.493 e. The van der Waals surface area contributed by atoms with E-state index in [-0.39, 0.29) is 30.0 Å². The third-order valence-electron chi connectivity index (χ3n) is 4.76. The maximum atomic E-state index is 12.6. The normalized spacial score (nSPS) is 17.7. The lowest BCUT2D eigenvalue weighted by Crippen LogP contribution is -2.41. The molecule has 2 atom stereocenters. The molecule has 26 heavy (non-hydrogen) atoms. The number of rotatable bonds is 5. The zero-order chi connectivity index (χ0) is 18.6. The lowest BCUT2D eigenvalue weighted by Gasteiger charge is -2.32. The van der Waals surface area contributed by atoms with Crippen molar-refractivity contribution >= 4 is 5.91 Å². The monoisotopic (exact) mass is 352 g/mol. The second-order valence-corrected chi connectivity index (χ2v) is 7.89. The number of carbonyl (C=O) groups is 1. The highest BCUT2D eigenvalue weighted by molar-refractivity contribution is 5.78. The average molecular weight is 352 g/mol. The van der Waals surface area contributed by atoms with Crippen LogP contribution in [0, 0.1) is 5.41 Å². The van der Waals surface area contributed by atoms with Gasteiger partial charge in [0.15, 0.2) is 0 Å². The van der Waals surface area contributed by atoms with Crippen molar-refractivity contribution in [2.75, 3.05) is 13.2 Å². The Hall–Kier alpha value is -2.33. The summed E-state index contributed by atoms with van der Waals surface area (Å²) in [7, 11) is 0. The van der Waals surface area contributed by atoms with Crippen molar-refractivity contribution < 1.29 is 9.53 Å². The van der Waals surface area contributed by atoms with Gasteiger partial charge in [-0.15, -0.1) is 0 Å². The number of benzene rings is 2. The molecule has 3 rings (SSSR count).